The number of amides is 1. The highest BCUT2D eigenvalue weighted by Gasteiger charge is 2.62. The van der Waals surface area contributed by atoms with Crippen LogP contribution < -0.4 is 10.1 Å². The highest BCUT2D eigenvalue weighted by molar-refractivity contribution is 5.94. The molecule has 3 saturated heterocycles. The van der Waals surface area contributed by atoms with Crippen LogP contribution in [0.15, 0.2) is 24.3 Å². The van der Waals surface area contributed by atoms with Gasteiger partial charge in [0.05, 0.1) is 6.61 Å². The molecule has 0 unspecified atom stereocenters. The summed E-state index contributed by atoms with van der Waals surface area (Å²) in [6.07, 6.45) is -1.05. The van der Waals surface area contributed by atoms with E-state index >= 15 is 0 Å². The first-order valence-corrected chi connectivity index (χ1v) is 10.6. The lowest BCUT2D eigenvalue weighted by atomic mass is 9.98. The Balaban J connectivity index is 1.45. The van der Waals surface area contributed by atoms with Crippen LogP contribution in [0.1, 0.15) is 47.5 Å². The molecule has 0 spiro atoms. The molecule has 0 aliphatic carbocycles. The molecule has 0 aromatic heterocycles. The van der Waals surface area contributed by atoms with Crippen molar-refractivity contribution in [1.82, 2.24) is 0 Å². The van der Waals surface area contributed by atoms with Crippen LogP contribution in [-0.2, 0) is 28.5 Å². The SMILES string of the molecule is CCCCOc1ccc(NC(=O)[C@@H]2O[C@@H]3OC(C)(C)O[C@@H]3[C@@H]3OC(C)(C)O[C@@H]32)cc1. The minimum absolute atomic E-state index is 0.322. The molecule has 8 nitrogen and oxygen atoms in total. The van der Waals surface area contributed by atoms with Gasteiger partial charge in [-0.25, -0.2) is 0 Å². The summed E-state index contributed by atoms with van der Waals surface area (Å²) in [6.45, 7) is 10.0. The molecule has 4 rings (SSSR count). The third-order valence-electron chi connectivity index (χ3n) is 5.30. The lowest BCUT2D eigenvalue weighted by Crippen LogP contribution is -2.58. The highest BCUT2D eigenvalue weighted by atomic mass is 16.9. The van der Waals surface area contributed by atoms with Gasteiger partial charge in [0, 0.05) is 5.69 Å². The Hall–Kier alpha value is -1.71. The maximum absolute atomic E-state index is 13.1. The Morgan fingerprint density at radius 3 is 2.30 bits per heavy atom. The Morgan fingerprint density at radius 1 is 0.967 bits per heavy atom. The van der Waals surface area contributed by atoms with Crippen molar-refractivity contribution in [3.63, 3.8) is 0 Å². The number of anilines is 1. The van der Waals surface area contributed by atoms with Gasteiger partial charge in [0.1, 0.15) is 24.1 Å². The first kappa shape index (κ1) is 21.5. The summed E-state index contributed by atoms with van der Waals surface area (Å²) in [5.41, 5.74) is 0.646. The number of ether oxygens (including phenoxy) is 6. The van der Waals surface area contributed by atoms with Gasteiger partial charge in [0.15, 0.2) is 24.0 Å². The predicted molar refractivity (Wildman–Crippen MR) is 108 cm³/mol. The molecule has 166 valence electrons. The standard InChI is InChI=1S/C22H31NO7/c1-6-7-12-25-14-10-8-13(9-11-14)23-19(24)17-15-16(28-21(2,3)27-15)18-20(26-17)30-22(4,5)29-18/h8-11,15-18,20H,6-7,12H2,1-5H3,(H,23,24)/t15-,16+,17+,18+,20+/m0/s1. The second kappa shape index (κ2) is 8.09. The van der Waals surface area contributed by atoms with Crippen LogP contribution in [-0.4, -0.2) is 54.8 Å². The quantitative estimate of drug-likeness (QED) is 0.706. The van der Waals surface area contributed by atoms with E-state index in [0.717, 1.165) is 18.6 Å². The fourth-order valence-corrected chi connectivity index (χ4v) is 4.01. The summed E-state index contributed by atoms with van der Waals surface area (Å²) < 4.78 is 35.5. The monoisotopic (exact) mass is 421 g/mol. The normalized spacial score (nSPS) is 33.6. The second-order valence-corrected chi connectivity index (χ2v) is 8.81. The summed E-state index contributed by atoms with van der Waals surface area (Å²) in [5.74, 6) is -1.22. The Labute approximate surface area is 177 Å². The topological polar surface area (TPSA) is 84.5 Å². The molecule has 3 aliphatic rings. The van der Waals surface area contributed by atoms with Gasteiger partial charge in [0.25, 0.3) is 5.91 Å². The number of unbranched alkanes of at least 4 members (excludes halogenated alkanes) is 1. The summed E-state index contributed by atoms with van der Waals surface area (Å²) >= 11 is 0. The van der Waals surface area contributed by atoms with Crippen LogP contribution in [0.25, 0.3) is 0 Å². The molecule has 0 radical (unpaired) electrons. The summed E-state index contributed by atoms with van der Waals surface area (Å²) in [5, 5.41) is 2.90. The maximum atomic E-state index is 13.1. The zero-order chi connectivity index (χ0) is 21.5. The molecule has 3 heterocycles. The lowest BCUT2D eigenvalue weighted by molar-refractivity contribution is -0.229. The minimum atomic E-state index is -0.893. The van der Waals surface area contributed by atoms with E-state index in [1.54, 1.807) is 12.1 Å². The maximum Gasteiger partial charge on any atom is 0.256 e. The molecule has 1 aromatic carbocycles. The van der Waals surface area contributed by atoms with Crippen LogP contribution in [0.5, 0.6) is 5.75 Å². The molecule has 0 bridgehead atoms. The molecule has 8 heteroatoms. The van der Waals surface area contributed by atoms with Gasteiger partial charge in [0.2, 0.25) is 0 Å². The average Bonchev–Trinajstić information content (AvgIpc) is 3.16. The van der Waals surface area contributed by atoms with Crippen LogP contribution in [0.3, 0.4) is 0 Å². The van der Waals surface area contributed by atoms with Crippen molar-refractivity contribution in [2.45, 2.75) is 89.7 Å². The Kier molecular flexibility index (Phi) is 5.80. The summed E-state index contributed by atoms with van der Waals surface area (Å²) in [4.78, 5) is 13.1. The molecular formula is C22H31NO7. The zero-order valence-corrected chi connectivity index (χ0v) is 18.2. The van der Waals surface area contributed by atoms with E-state index < -0.39 is 42.3 Å². The first-order valence-electron chi connectivity index (χ1n) is 10.6. The van der Waals surface area contributed by atoms with Gasteiger partial charge in [-0.3, -0.25) is 4.79 Å². The summed E-state index contributed by atoms with van der Waals surface area (Å²) in [6, 6.07) is 7.27. The Bertz CT molecular complexity index is 763. The van der Waals surface area contributed by atoms with Crippen molar-refractivity contribution < 1.29 is 33.2 Å². The zero-order valence-electron chi connectivity index (χ0n) is 18.2. The fourth-order valence-electron chi connectivity index (χ4n) is 4.01. The highest BCUT2D eigenvalue weighted by Crippen LogP contribution is 2.44. The van der Waals surface area contributed by atoms with Crippen molar-refractivity contribution in [1.29, 1.82) is 0 Å². The van der Waals surface area contributed by atoms with Gasteiger partial charge in [-0.05, 0) is 58.4 Å². The second-order valence-electron chi connectivity index (χ2n) is 8.81. The largest absolute Gasteiger partial charge is 0.494 e. The van der Waals surface area contributed by atoms with E-state index in [0.29, 0.717) is 12.3 Å². The van der Waals surface area contributed by atoms with E-state index in [4.69, 9.17) is 28.4 Å². The molecule has 5 atom stereocenters. The number of carbonyl (C=O) groups excluding carboxylic acids is 1. The average molecular weight is 421 g/mol. The molecule has 1 N–H and O–H groups in total. The van der Waals surface area contributed by atoms with E-state index in [2.05, 4.69) is 12.2 Å². The smallest absolute Gasteiger partial charge is 0.256 e. The number of nitrogens with one attached hydrogen (secondary N) is 1. The van der Waals surface area contributed by atoms with Gasteiger partial charge in [-0.15, -0.1) is 0 Å². The van der Waals surface area contributed by atoms with Crippen LogP contribution in [0, 0.1) is 0 Å². The van der Waals surface area contributed by atoms with E-state index in [-0.39, 0.29) is 5.91 Å². The van der Waals surface area contributed by atoms with Crippen molar-refractivity contribution in [3.05, 3.63) is 24.3 Å². The van der Waals surface area contributed by atoms with E-state index in [9.17, 15) is 4.79 Å². The van der Waals surface area contributed by atoms with Gasteiger partial charge >= 0.3 is 0 Å². The minimum Gasteiger partial charge on any atom is -0.494 e. The first-order chi connectivity index (χ1) is 14.2. The van der Waals surface area contributed by atoms with E-state index in [1.165, 1.54) is 0 Å². The van der Waals surface area contributed by atoms with Crippen molar-refractivity contribution in [2.24, 2.45) is 0 Å². The third kappa shape index (κ3) is 4.48. The van der Waals surface area contributed by atoms with E-state index in [1.807, 2.05) is 39.8 Å². The van der Waals surface area contributed by atoms with Crippen molar-refractivity contribution >= 4 is 11.6 Å². The molecule has 3 fully saturated rings. The molecule has 1 aromatic rings. The number of fused-ring (bicyclic) bond motifs is 3. The molecular weight excluding hydrogens is 390 g/mol. The van der Waals surface area contributed by atoms with Crippen LogP contribution >= 0.6 is 0 Å². The number of rotatable bonds is 6. The lowest BCUT2D eigenvalue weighted by Gasteiger charge is -2.36. The van der Waals surface area contributed by atoms with Crippen molar-refractivity contribution in [3.8, 4) is 5.75 Å². The number of benzene rings is 1. The molecule has 30 heavy (non-hydrogen) atoms. The third-order valence-corrected chi connectivity index (χ3v) is 5.30. The fraction of sp³-hybridized carbons (Fsp3) is 0.682. The summed E-state index contributed by atoms with van der Waals surface area (Å²) in [7, 11) is 0. The van der Waals surface area contributed by atoms with Crippen LogP contribution in [0.2, 0.25) is 0 Å². The van der Waals surface area contributed by atoms with Crippen LogP contribution in [0.4, 0.5) is 5.69 Å². The van der Waals surface area contributed by atoms with Crippen molar-refractivity contribution in [2.75, 3.05) is 11.9 Å². The number of carbonyl (C=O) groups is 1. The molecule has 1 amide bonds. The van der Waals surface area contributed by atoms with Gasteiger partial charge in [-0.2, -0.15) is 0 Å². The predicted octanol–water partition coefficient (Wildman–Crippen LogP) is 3.20. The Morgan fingerprint density at radius 2 is 1.60 bits per heavy atom. The van der Waals surface area contributed by atoms with Gasteiger partial charge < -0.3 is 33.7 Å². The number of hydrogen-bond acceptors (Lipinski definition) is 7. The molecule has 0 saturated carbocycles. The number of hydrogen-bond donors (Lipinski definition) is 1. The van der Waals surface area contributed by atoms with Gasteiger partial charge in [-0.1, -0.05) is 13.3 Å². The molecule has 3 aliphatic heterocycles.